The Hall–Kier alpha value is -1.13. The number of fused-ring (bicyclic) bond motifs is 1. The molecule has 0 spiro atoms. The smallest absolute Gasteiger partial charge is 0.205 e. The zero-order valence-corrected chi connectivity index (χ0v) is 12.8. The van der Waals surface area contributed by atoms with Crippen molar-refractivity contribution < 1.29 is 14.2 Å². The average molecular weight is 300 g/mol. The Bertz CT molecular complexity index is 439. The molecule has 5 heteroatoms. The van der Waals surface area contributed by atoms with Gasteiger partial charge in [-0.3, -0.25) is 0 Å². The molecule has 0 bridgehead atoms. The van der Waals surface area contributed by atoms with Crippen LogP contribution in [-0.4, -0.2) is 32.4 Å². The molecule has 0 aliphatic carbocycles. The van der Waals surface area contributed by atoms with Gasteiger partial charge in [0, 0.05) is 6.54 Å². The van der Waals surface area contributed by atoms with E-state index in [4.69, 9.17) is 25.8 Å². The summed E-state index contributed by atoms with van der Waals surface area (Å²) in [5.74, 6) is 1.89. The van der Waals surface area contributed by atoms with E-state index in [0.717, 1.165) is 13.1 Å². The molecule has 0 aromatic heterocycles. The molecule has 1 aromatic carbocycles. The molecule has 0 radical (unpaired) electrons. The highest BCUT2D eigenvalue weighted by Gasteiger charge is 2.26. The highest BCUT2D eigenvalue weighted by atomic mass is 35.5. The summed E-state index contributed by atoms with van der Waals surface area (Å²) in [7, 11) is 0. The molecule has 112 valence electrons. The third kappa shape index (κ3) is 3.70. The molecule has 1 unspecified atom stereocenters. The van der Waals surface area contributed by atoms with Crippen LogP contribution in [0.5, 0.6) is 17.2 Å². The molecule has 0 saturated heterocycles. The van der Waals surface area contributed by atoms with Crippen molar-refractivity contribution in [3.63, 3.8) is 0 Å². The molecule has 1 aliphatic rings. The van der Waals surface area contributed by atoms with Crippen molar-refractivity contribution >= 4 is 11.6 Å². The molecule has 0 amide bonds. The van der Waals surface area contributed by atoms with Crippen LogP contribution in [0.4, 0.5) is 0 Å². The lowest BCUT2D eigenvalue weighted by Gasteiger charge is -2.28. The van der Waals surface area contributed by atoms with Gasteiger partial charge in [-0.05, 0) is 32.0 Å². The first kappa shape index (κ1) is 15.3. The van der Waals surface area contributed by atoms with Crippen molar-refractivity contribution in [2.75, 3.05) is 26.3 Å². The number of ether oxygens (including phenoxy) is 3. The summed E-state index contributed by atoms with van der Waals surface area (Å²) in [4.78, 5) is 0. The second kappa shape index (κ2) is 7.60. The molecule has 1 aliphatic heterocycles. The van der Waals surface area contributed by atoms with Gasteiger partial charge in [0.2, 0.25) is 5.75 Å². The first-order valence-corrected chi connectivity index (χ1v) is 7.59. The molecule has 1 atom stereocenters. The van der Waals surface area contributed by atoms with Gasteiger partial charge in [-0.25, -0.2) is 0 Å². The van der Waals surface area contributed by atoms with Gasteiger partial charge in [0.05, 0.1) is 11.6 Å². The zero-order valence-electron chi connectivity index (χ0n) is 12.1. The fraction of sp³-hybridized carbons (Fsp3) is 0.600. The van der Waals surface area contributed by atoms with E-state index >= 15 is 0 Å². The van der Waals surface area contributed by atoms with Crippen molar-refractivity contribution in [2.24, 2.45) is 0 Å². The third-order valence-corrected chi connectivity index (χ3v) is 3.40. The molecule has 1 aromatic rings. The van der Waals surface area contributed by atoms with Crippen LogP contribution in [0.15, 0.2) is 12.1 Å². The topological polar surface area (TPSA) is 39.7 Å². The van der Waals surface area contributed by atoms with E-state index in [0.29, 0.717) is 35.5 Å². The first-order chi connectivity index (χ1) is 9.76. The lowest BCUT2D eigenvalue weighted by atomic mass is 10.2. The summed E-state index contributed by atoms with van der Waals surface area (Å²) in [6.07, 6.45) is 2.33. The number of rotatable bonds is 7. The van der Waals surface area contributed by atoms with Crippen molar-refractivity contribution in [2.45, 2.75) is 32.8 Å². The Balaban J connectivity index is 2.02. The van der Waals surface area contributed by atoms with Crippen LogP contribution in [0.3, 0.4) is 0 Å². The molecule has 1 heterocycles. The fourth-order valence-corrected chi connectivity index (χ4v) is 2.28. The zero-order chi connectivity index (χ0) is 14.4. The highest BCUT2D eigenvalue weighted by molar-refractivity contribution is 6.32. The third-order valence-electron chi connectivity index (χ3n) is 3.11. The molecule has 20 heavy (non-hydrogen) atoms. The van der Waals surface area contributed by atoms with Gasteiger partial charge in [-0.15, -0.1) is 0 Å². The van der Waals surface area contributed by atoms with Crippen molar-refractivity contribution in [1.82, 2.24) is 5.32 Å². The molecule has 2 rings (SSSR count). The second-order valence-corrected chi connectivity index (χ2v) is 5.15. The Morgan fingerprint density at radius 1 is 1.35 bits per heavy atom. The van der Waals surface area contributed by atoms with Crippen LogP contribution in [-0.2, 0) is 0 Å². The Kier molecular flexibility index (Phi) is 5.80. The maximum atomic E-state index is 6.13. The van der Waals surface area contributed by atoms with Gasteiger partial charge in [0.15, 0.2) is 11.5 Å². The normalized spacial score (nSPS) is 17.1. The SMILES string of the molecule is CCCCNCC1COc2c(Cl)ccc(OCC)c2O1. The van der Waals surface area contributed by atoms with E-state index < -0.39 is 0 Å². The largest absolute Gasteiger partial charge is 0.490 e. The van der Waals surface area contributed by atoms with Gasteiger partial charge in [0.25, 0.3) is 0 Å². The second-order valence-electron chi connectivity index (χ2n) is 4.75. The predicted molar refractivity (Wildman–Crippen MR) is 80.3 cm³/mol. The first-order valence-electron chi connectivity index (χ1n) is 7.21. The quantitative estimate of drug-likeness (QED) is 0.785. The summed E-state index contributed by atoms with van der Waals surface area (Å²) in [5, 5.41) is 3.93. The number of nitrogens with one attached hydrogen (secondary N) is 1. The van der Waals surface area contributed by atoms with E-state index in [9.17, 15) is 0 Å². The van der Waals surface area contributed by atoms with Crippen LogP contribution >= 0.6 is 11.6 Å². The van der Waals surface area contributed by atoms with E-state index in [-0.39, 0.29) is 6.10 Å². The number of halogens is 1. The van der Waals surface area contributed by atoms with Crippen LogP contribution in [0.2, 0.25) is 5.02 Å². The minimum atomic E-state index is -0.0166. The van der Waals surface area contributed by atoms with Crippen molar-refractivity contribution in [3.05, 3.63) is 17.2 Å². The molecule has 4 nitrogen and oxygen atoms in total. The Morgan fingerprint density at radius 3 is 2.95 bits per heavy atom. The monoisotopic (exact) mass is 299 g/mol. The van der Waals surface area contributed by atoms with Crippen LogP contribution in [0.25, 0.3) is 0 Å². The molecule has 0 saturated carbocycles. The summed E-state index contributed by atoms with van der Waals surface area (Å²) >= 11 is 6.13. The molecular weight excluding hydrogens is 278 g/mol. The lowest BCUT2D eigenvalue weighted by molar-refractivity contribution is 0.0856. The van der Waals surface area contributed by atoms with E-state index in [1.54, 1.807) is 6.07 Å². The number of benzene rings is 1. The van der Waals surface area contributed by atoms with E-state index in [2.05, 4.69) is 12.2 Å². The summed E-state index contributed by atoms with van der Waals surface area (Å²) in [5.41, 5.74) is 0. The van der Waals surface area contributed by atoms with E-state index in [1.165, 1.54) is 12.8 Å². The average Bonchev–Trinajstić information content (AvgIpc) is 2.47. The lowest BCUT2D eigenvalue weighted by Crippen LogP contribution is -2.39. The minimum Gasteiger partial charge on any atom is -0.490 e. The van der Waals surface area contributed by atoms with Crippen LogP contribution < -0.4 is 19.5 Å². The van der Waals surface area contributed by atoms with Crippen molar-refractivity contribution in [1.29, 1.82) is 0 Å². The fourth-order valence-electron chi connectivity index (χ4n) is 2.08. The molecular formula is C15H22ClNO3. The highest BCUT2D eigenvalue weighted by Crippen LogP contribution is 2.45. The molecule has 0 fully saturated rings. The van der Waals surface area contributed by atoms with E-state index in [1.807, 2.05) is 13.0 Å². The summed E-state index contributed by atoms with van der Waals surface area (Å²) in [6, 6.07) is 3.59. The standard InChI is InChI=1S/C15H22ClNO3/c1-3-5-8-17-9-11-10-19-14-12(16)6-7-13(18-4-2)15(14)20-11/h6-7,11,17H,3-5,8-10H2,1-2H3. The van der Waals surface area contributed by atoms with Crippen LogP contribution in [0, 0.1) is 0 Å². The van der Waals surface area contributed by atoms with Gasteiger partial charge in [-0.2, -0.15) is 0 Å². The van der Waals surface area contributed by atoms with Crippen molar-refractivity contribution in [3.8, 4) is 17.2 Å². The molecule has 1 N–H and O–H groups in total. The number of hydrogen-bond acceptors (Lipinski definition) is 4. The number of hydrogen-bond donors (Lipinski definition) is 1. The van der Waals surface area contributed by atoms with Crippen LogP contribution in [0.1, 0.15) is 26.7 Å². The van der Waals surface area contributed by atoms with Gasteiger partial charge in [0.1, 0.15) is 12.7 Å². The maximum Gasteiger partial charge on any atom is 0.205 e. The Labute approximate surface area is 125 Å². The maximum absolute atomic E-state index is 6.13. The summed E-state index contributed by atoms with van der Waals surface area (Å²) < 4.78 is 17.3. The predicted octanol–water partition coefficient (Wildman–Crippen LogP) is 3.27. The Morgan fingerprint density at radius 2 is 2.20 bits per heavy atom. The number of unbranched alkanes of at least 4 members (excludes halogenated alkanes) is 1. The van der Waals surface area contributed by atoms with Gasteiger partial charge >= 0.3 is 0 Å². The van der Waals surface area contributed by atoms with Gasteiger partial charge in [-0.1, -0.05) is 24.9 Å². The minimum absolute atomic E-state index is 0.0166. The summed E-state index contributed by atoms with van der Waals surface area (Å²) in [6.45, 7) is 6.95. The van der Waals surface area contributed by atoms with Gasteiger partial charge < -0.3 is 19.5 Å².